The van der Waals surface area contributed by atoms with Gasteiger partial charge in [0.15, 0.2) is 9.84 Å². The second-order valence-electron chi connectivity index (χ2n) is 4.77. The van der Waals surface area contributed by atoms with Crippen molar-refractivity contribution in [1.82, 2.24) is 0 Å². The second kappa shape index (κ2) is 5.82. The lowest BCUT2D eigenvalue weighted by atomic mass is 10.3. The minimum absolute atomic E-state index is 0.110. The first-order chi connectivity index (χ1) is 8.59. The van der Waals surface area contributed by atoms with Crippen molar-refractivity contribution in [3.05, 3.63) is 30.3 Å². The summed E-state index contributed by atoms with van der Waals surface area (Å²) in [5, 5.41) is 0. The summed E-state index contributed by atoms with van der Waals surface area (Å²) in [6, 6.07) is 8.79. The number of benzene rings is 1. The molecule has 4 nitrogen and oxygen atoms in total. The molecule has 1 fully saturated rings. The number of nitrogens with one attached hydrogen (secondary N) is 1. The topological polar surface area (TPSA) is 47.8 Å². The van der Waals surface area contributed by atoms with E-state index in [1.165, 1.54) is 4.90 Å². The molecule has 18 heavy (non-hydrogen) atoms. The molecular weight excluding hydrogens is 250 g/mol. The lowest BCUT2D eigenvalue weighted by molar-refractivity contribution is -0.928. The summed E-state index contributed by atoms with van der Waals surface area (Å²) in [6.45, 7) is 5.24. The molecule has 1 aromatic rings. The molecule has 1 atom stereocenters. The van der Waals surface area contributed by atoms with Gasteiger partial charge in [-0.3, -0.25) is 0 Å². The minimum Gasteiger partial charge on any atom is -0.370 e. The summed E-state index contributed by atoms with van der Waals surface area (Å²) in [4.78, 5) is 1.74. The largest absolute Gasteiger partial charge is 0.370 e. The van der Waals surface area contributed by atoms with E-state index in [1.54, 1.807) is 24.3 Å². The number of rotatable bonds is 4. The van der Waals surface area contributed by atoms with Gasteiger partial charge in [-0.25, -0.2) is 8.42 Å². The molecule has 0 saturated carbocycles. The van der Waals surface area contributed by atoms with E-state index >= 15 is 0 Å². The molecule has 1 aliphatic heterocycles. The van der Waals surface area contributed by atoms with Crippen molar-refractivity contribution in [3.8, 4) is 0 Å². The standard InChI is InChI=1S/C13H19NO3S/c1-12(14-7-9-17-10-8-14)11-18(15,16)13-5-3-2-4-6-13/h2-6,12H,7-11H2,1H3/p+1/t12-/m0/s1. The summed E-state index contributed by atoms with van der Waals surface area (Å²) in [5.74, 6) is 0.201. The van der Waals surface area contributed by atoms with Crippen molar-refractivity contribution in [1.29, 1.82) is 0 Å². The first-order valence-corrected chi connectivity index (χ1v) is 7.95. The molecule has 0 amide bonds. The van der Waals surface area contributed by atoms with Crippen LogP contribution in [0, 0.1) is 0 Å². The quantitative estimate of drug-likeness (QED) is 0.822. The highest BCUT2D eigenvalue weighted by atomic mass is 32.2. The summed E-state index contributed by atoms with van der Waals surface area (Å²) in [6.07, 6.45) is 0. The van der Waals surface area contributed by atoms with E-state index in [1.807, 2.05) is 13.0 Å². The Bertz CT molecular complexity index is 466. The Labute approximate surface area is 108 Å². The van der Waals surface area contributed by atoms with Gasteiger partial charge in [-0.2, -0.15) is 0 Å². The molecule has 1 aromatic carbocycles. The van der Waals surface area contributed by atoms with Gasteiger partial charge in [0.2, 0.25) is 0 Å². The molecule has 1 heterocycles. The fraction of sp³-hybridized carbons (Fsp3) is 0.538. The van der Waals surface area contributed by atoms with Crippen LogP contribution < -0.4 is 4.90 Å². The van der Waals surface area contributed by atoms with E-state index < -0.39 is 9.84 Å². The summed E-state index contributed by atoms with van der Waals surface area (Å²) < 4.78 is 29.8. The molecular formula is C13H20NO3S+. The van der Waals surface area contributed by atoms with Gasteiger partial charge in [0.25, 0.3) is 0 Å². The van der Waals surface area contributed by atoms with Gasteiger partial charge in [-0.1, -0.05) is 18.2 Å². The number of morpholine rings is 1. The monoisotopic (exact) mass is 270 g/mol. The fourth-order valence-corrected chi connectivity index (χ4v) is 3.96. The van der Waals surface area contributed by atoms with E-state index in [0.29, 0.717) is 4.90 Å². The van der Waals surface area contributed by atoms with E-state index in [-0.39, 0.29) is 11.8 Å². The second-order valence-corrected chi connectivity index (χ2v) is 6.80. The highest BCUT2D eigenvalue weighted by molar-refractivity contribution is 7.91. The van der Waals surface area contributed by atoms with E-state index in [4.69, 9.17) is 4.74 Å². The Morgan fingerprint density at radius 2 is 1.83 bits per heavy atom. The molecule has 1 N–H and O–H groups in total. The molecule has 5 heteroatoms. The van der Waals surface area contributed by atoms with E-state index in [9.17, 15) is 8.42 Å². The van der Waals surface area contributed by atoms with Crippen LogP contribution in [0.4, 0.5) is 0 Å². The molecule has 1 saturated heterocycles. The average molecular weight is 270 g/mol. The highest BCUT2D eigenvalue weighted by Gasteiger charge is 2.26. The molecule has 0 radical (unpaired) electrons. The Morgan fingerprint density at radius 1 is 1.22 bits per heavy atom. The third kappa shape index (κ3) is 3.31. The number of hydrogen-bond donors (Lipinski definition) is 1. The molecule has 2 rings (SSSR count). The first-order valence-electron chi connectivity index (χ1n) is 6.30. The van der Waals surface area contributed by atoms with Crippen molar-refractivity contribution in [2.45, 2.75) is 17.9 Å². The normalized spacial score (nSPS) is 19.6. The van der Waals surface area contributed by atoms with Crippen LogP contribution in [0.15, 0.2) is 35.2 Å². The highest BCUT2D eigenvalue weighted by Crippen LogP contribution is 2.10. The van der Waals surface area contributed by atoms with Crippen molar-refractivity contribution < 1.29 is 18.1 Å². The Balaban J connectivity index is 2.04. The fourth-order valence-electron chi connectivity index (χ4n) is 2.30. The SMILES string of the molecule is C[C@@H](CS(=O)(=O)c1ccccc1)[NH+]1CCOCC1. The van der Waals surface area contributed by atoms with Gasteiger partial charge < -0.3 is 9.64 Å². The average Bonchev–Trinajstić information content (AvgIpc) is 2.40. The predicted octanol–water partition coefficient (Wildman–Crippen LogP) is -0.236. The van der Waals surface area contributed by atoms with Crippen LogP contribution in [0.1, 0.15) is 6.92 Å². The zero-order valence-corrected chi connectivity index (χ0v) is 11.4. The summed E-state index contributed by atoms with van der Waals surface area (Å²) in [5.41, 5.74) is 0. The molecule has 100 valence electrons. The molecule has 0 aromatic heterocycles. The predicted molar refractivity (Wildman–Crippen MR) is 69.5 cm³/mol. The van der Waals surface area contributed by atoms with E-state index in [2.05, 4.69) is 0 Å². The smallest absolute Gasteiger partial charge is 0.184 e. The maximum Gasteiger partial charge on any atom is 0.184 e. The Hall–Kier alpha value is -0.910. The third-order valence-corrected chi connectivity index (χ3v) is 5.33. The maximum atomic E-state index is 12.2. The van der Waals surface area contributed by atoms with Crippen LogP contribution in [0.2, 0.25) is 0 Å². The van der Waals surface area contributed by atoms with Crippen LogP contribution in [-0.4, -0.2) is 46.5 Å². The molecule has 1 aliphatic rings. The molecule has 0 spiro atoms. The van der Waals surface area contributed by atoms with Crippen molar-refractivity contribution in [2.75, 3.05) is 32.1 Å². The van der Waals surface area contributed by atoms with Gasteiger partial charge >= 0.3 is 0 Å². The molecule has 0 aliphatic carbocycles. The maximum absolute atomic E-state index is 12.2. The molecule has 0 bridgehead atoms. The van der Waals surface area contributed by atoms with Crippen molar-refractivity contribution >= 4 is 9.84 Å². The Kier molecular flexibility index (Phi) is 4.37. The van der Waals surface area contributed by atoms with Crippen LogP contribution in [-0.2, 0) is 14.6 Å². The van der Waals surface area contributed by atoms with Crippen LogP contribution in [0.5, 0.6) is 0 Å². The van der Waals surface area contributed by atoms with Crippen LogP contribution in [0.25, 0.3) is 0 Å². The Morgan fingerprint density at radius 3 is 2.44 bits per heavy atom. The van der Waals surface area contributed by atoms with Gasteiger partial charge in [0, 0.05) is 0 Å². The number of sulfone groups is 1. The van der Waals surface area contributed by atoms with Gasteiger partial charge in [-0.15, -0.1) is 0 Å². The van der Waals surface area contributed by atoms with Gasteiger partial charge in [-0.05, 0) is 19.1 Å². The number of quaternary nitrogens is 1. The summed E-state index contributed by atoms with van der Waals surface area (Å²) in [7, 11) is -3.17. The van der Waals surface area contributed by atoms with Crippen LogP contribution >= 0.6 is 0 Å². The van der Waals surface area contributed by atoms with Crippen molar-refractivity contribution in [2.24, 2.45) is 0 Å². The zero-order chi connectivity index (χ0) is 13.0. The van der Waals surface area contributed by atoms with Crippen LogP contribution in [0.3, 0.4) is 0 Å². The summed E-state index contributed by atoms with van der Waals surface area (Å²) >= 11 is 0. The zero-order valence-electron chi connectivity index (χ0n) is 10.6. The lowest BCUT2D eigenvalue weighted by Crippen LogP contribution is -3.17. The lowest BCUT2D eigenvalue weighted by Gasteiger charge is -2.29. The number of ether oxygens (including phenoxy) is 1. The van der Waals surface area contributed by atoms with Gasteiger partial charge in [0.1, 0.15) is 18.8 Å². The third-order valence-electron chi connectivity index (χ3n) is 3.40. The first kappa shape index (κ1) is 13.5. The molecule has 0 unspecified atom stereocenters. The van der Waals surface area contributed by atoms with Crippen molar-refractivity contribution in [3.63, 3.8) is 0 Å². The van der Waals surface area contributed by atoms with E-state index in [0.717, 1.165) is 26.3 Å². The number of hydrogen-bond acceptors (Lipinski definition) is 3. The minimum atomic E-state index is -3.17. The van der Waals surface area contributed by atoms with Gasteiger partial charge in [0.05, 0.1) is 24.2 Å².